The van der Waals surface area contributed by atoms with Crippen molar-refractivity contribution >= 4 is 0 Å². The van der Waals surface area contributed by atoms with E-state index in [1.807, 2.05) is 0 Å². The van der Waals surface area contributed by atoms with Crippen molar-refractivity contribution < 1.29 is 5.11 Å². The van der Waals surface area contributed by atoms with Crippen LogP contribution in [0.15, 0.2) is 0 Å². The Bertz CT molecular complexity index is 106. The van der Waals surface area contributed by atoms with Crippen LogP contribution in [0.4, 0.5) is 0 Å². The first-order valence-electron chi connectivity index (χ1n) is 5.58. The van der Waals surface area contributed by atoms with E-state index in [1.165, 1.54) is 32.1 Å². The Morgan fingerprint density at radius 3 is 2.31 bits per heavy atom. The summed E-state index contributed by atoms with van der Waals surface area (Å²) in [7, 11) is 0. The molecule has 0 saturated carbocycles. The van der Waals surface area contributed by atoms with Crippen molar-refractivity contribution in [3.05, 3.63) is 0 Å². The molecule has 0 saturated heterocycles. The lowest BCUT2D eigenvalue weighted by Gasteiger charge is -2.16. The Balaban J connectivity index is 3.21. The molecule has 0 radical (unpaired) electrons. The quantitative estimate of drug-likeness (QED) is 0.573. The Morgan fingerprint density at radius 2 is 1.77 bits per heavy atom. The Morgan fingerprint density at radius 1 is 1.15 bits per heavy atom. The first kappa shape index (κ1) is 12.9. The SMILES string of the molecule is CCCCCCCC(C)C(N)CO. The van der Waals surface area contributed by atoms with E-state index in [9.17, 15) is 0 Å². The predicted octanol–water partition coefficient (Wildman–Crippen LogP) is 2.30. The van der Waals surface area contributed by atoms with E-state index in [0.717, 1.165) is 6.42 Å². The van der Waals surface area contributed by atoms with E-state index in [4.69, 9.17) is 10.8 Å². The number of aliphatic hydroxyl groups is 1. The predicted molar refractivity (Wildman–Crippen MR) is 57.6 cm³/mol. The van der Waals surface area contributed by atoms with Crippen LogP contribution in [0.2, 0.25) is 0 Å². The van der Waals surface area contributed by atoms with Gasteiger partial charge in [-0.1, -0.05) is 46.0 Å². The molecule has 0 heterocycles. The molecule has 3 N–H and O–H groups in total. The minimum atomic E-state index is -0.0221. The molecule has 0 aliphatic carbocycles. The van der Waals surface area contributed by atoms with Gasteiger partial charge in [-0.3, -0.25) is 0 Å². The highest BCUT2D eigenvalue weighted by Gasteiger charge is 2.10. The largest absolute Gasteiger partial charge is 0.395 e. The number of rotatable bonds is 8. The Hall–Kier alpha value is -0.0800. The molecule has 0 aromatic carbocycles. The second-order valence-electron chi connectivity index (χ2n) is 4.03. The lowest BCUT2D eigenvalue weighted by atomic mass is 9.96. The monoisotopic (exact) mass is 187 g/mol. The number of hydrogen-bond acceptors (Lipinski definition) is 2. The zero-order valence-electron chi connectivity index (χ0n) is 9.13. The van der Waals surface area contributed by atoms with Crippen molar-refractivity contribution in [1.82, 2.24) is 0 Å². The van der Waals surface area contributed by atoms with Crippen molar-refractivity contribution in [2.24, 2.45) is 11.7 Å². The summed E-state index contributed by atoms with van der Waals surface area (Å²) in [6.07, 6.45) is 7.72. The van der Waals surface area contributed by atoms with Gasteiger partial charge in [0.25, 0.3) is 0 Å². The van der Waals surface area contributed by atoms with E-state index in [1.54, 1.807) is 0 Å². The number of hydrogen-bond donors (Lipinski definition) is 2. The van der Waals surface area contributed by atoms with Crippen molar-refractivity contribution in [3.8, 4) is 0 Å². The van der Waals surface area contributed by atoms with Crippen LogP contribution >= 0.6 is 0 Å². The highest BCUT2D eigenvalue weighted by atomic mass is 16.3. The maximum absolute atomic E-state index is 8.82. The summed E-state index contributed by atoms with van der Waals surface area (Å²) in [5.41, 5.74) is 5.71. The minimum Gasteiger partial charge on any atom is -0.395 e. The Labute approximate surface area is 82.5 Å². The molecule has 0 aliphatic heterocycles. The number of unbranched alkanes of at least 4 members (excludes halogenated alkanes) is 4. The van der Waals surface area contributed by atoms with Gasteiger partial charge in [-0.25, -0.2) is 0 Å². The summed E-state index contributed by atoms with van der Waals surface area (Å²) in [5, 5.41) is 8.82. The standard InChI is InChI=1S/C11H25NO/c1-3-4-5-6-7-8-10(2)11(12)9-13/h10-11,13H,3-9,12H2,1-2H3. The van der Waals surface area contributed by atoms with Gasteiger partial charge in [0.15, 0.2) is 0 Å². The molecule has 2 heteroatoms. The third-order valence-corrected chi connectivity index (χ3v) is 2.70. The molecule has 0 aliphatic rings. The highest BCUT2D eigenvalue weighted by Crippen LogP contribution is 2.13. The first-order chi connectivity index (χ1) is 6.22. The van der Waals surface area contributed by atoms with Crippen LogP contribution in [0.1, 0.15) is 52.4 Å². The normalized spacial score (nSPS) is 15.7. The number of aliphatic hydroxyl groups excluding tert-OH is 1. The molecule has 2 unspecified atom stereocenters. The van der Waals surface area contributed by atoms with Gasteiger partial charge in [0, 0.05) is 6.04 Å². The topological polar surface area (TPSA) is 46.2 Å². The van der Waals surface area contributed by atoms with Crippen LogP contribution in [0.5, 0.6) is 0 Å². The van der Waals surface area contributed by atoms with Crippen molar-refractivity contribution in [2.75, 3.05) is 6.61 Å². The first-order valence-corrected chi connectivity index (χ1v) is 5.58. The smallest absolute Gasteiger partial charge is 0.0585 e. The number of nitrogens with two attached hydrogens (primary N) is 1. The summed E-state index contributed by atoms with van der Waals surface area (Å²) in [6.45, 7) is 4.47. The molecule has 0 rings (SSSR count). The van der Waals surface area contributed by atoms with Gasteiger partial charge in [-0.05, 0) is 12.3 Å². The molecule has 13 heavy (non-hydrogen) atoms. The van der Waals surface area contributed by atoms with Gasteiger partial charge >= 0.3 is 0 Å². The van der Waals surface area contributed by atoms with E-state index in [2.05, 4.69) is 13.8 Å². The minimum absolute atomic E-state index is 0.0221. The summed E-state index contributed by atoms with van der Waals surface area (Å²) >= 11 is 0. The molecule has 0 fully saturated rings. The average molecular weight is 187 g/mol. The molecule has 2 atom stereocenters. The molecule has 0 amide bonds. The van der Waals surface area contributed by atoms with Gasteiger partial charge in [-0.15, -0.1) is 0 Å². The molecular formula is C11H25NO. The zero-order valence-corrected chi connectivity index (χ0v) is 9.13. The van der Waals surface area contributed by atoms with E-state index >= 15 is 0 Å². The van der Waals surface area contributed by atoms with Crippen LogP contribution in [0.25, 0.3) is 0 Å². The summed E-state index contributed by atoms with van der Waals surface area (Å²) < 4.78 is 0. The van der Waals surface area contributed by atoms with E-state index in [-0.39, 0.29) is 12.6 Å². The molecule has 0 spiro atoms. The van der Waals surface area contributed by atoms with Crippen LogP contribution < -0.4 is 5.73 Å². The summed E-state index contributed by atoms with van der Waals surface area (Å²) in [6, 6.07) is -0.0221. The maximum Gasteiger partial charge on any atom is 0.0585 e. The summed E-state index contributed by atoms with van der Waals surface area (Å²) in [4.78, 5) is 0. The third kappa shape index (κ3) is 7.03. The van der Waals surface area contributed by atoms with Crippen molar-refractivity contribution in [3.63, 3.8) is 0 Å². The molecule has 80 valence electrons. The fourth-order valence-electron chi connectivity index (χ4n) is 1.46. The fourth-order valence-corrected chi connectivity index (χ4v) is 1.46. The van der Waals surface area contributed by atoms with Crippen LogP contribution in [-0.2, 0) is 0 Å². The molecule has 0 bridgehead atoms. The molecule has 0 aromatic heterocycles. The van der Waals surface area contributed by atoms with Crippen molar-refractivity contribution in [1.29, 1.82) is 0 Å². The fraction of sp³-hybridized carbons (Fsp3) is 1.00. The maximum atomic E-state index is 8.82. The third-order valence-electron chi connectivity index (χ3n) is 2.70. The highest BCUT2D eigenvalue weighted by molar-refractivity contribution is 4.67. The summed E-state index contributed by atoms with van der Waals surface area (Å²) in [5.74, 6) is 0.464. The lowest BCUT2D eigenvalue weighted by molar-refractivity contribution is 0.226. The van der Waals surface area contributed by atoms with Gasteiger partial charge in [0.1, 0.15) is 0 Å². The lowest BCUT2D eigenvalue weighted by Crippen LogP contribution is -2.31. The zero-order chi connectivity index (χ0) is 10.1. The van der Waals surface area contributed by atoms with E-state index < -0.39 is 0 Å². The Kier molecular flexibility index (Phi) is 8.46. The van der Waals surface area contributed by atoms with Crippen LogP contribution in [-0.4, -0.2) is 17.8 Å². The van der Waals surface area contributed by atoms with E-state index in [0.29, 0.717) is 5.92 Å². The average Bonchev–Trinajstić information content (AvgIpc) is 2.16. The van der Waals surface area contributed by atoms with Gasteiger partial charge in [0.05, 0.1) is 6.61 Å². The second kappa shape index (κ2) is 8.52. The van der Waals surface area contributed by atoms with Gasteiger partial charge in [0.2, 0.25) is 0 Å². The van der Waals surface area contributed by atoms with Crippen LogP contribution in [0.3, 0.4) is 0 Å². The van der Waals surface area contributed by atoms with Crippen LogP contribution in [0, 0.1) is 5.92 Å². The second-order valence-corrected chi connectivity index (χ2v) is 4.03. The molecular weight excluding hydrogens is 162 g/mol. The van der Waals surface area contributed by atoms with Crippen molar-refractivity contribution in [2.45, 2.75) is 58.4 Å². The van der Waals surface area contributed by atoms with Gasteiger partial charge in [-0.2, -0.15) is 0 Å². The van der Waals surface area contributed by atoms with Gasteiger partial charge < -0.3 is 10.8 Å². The molecule has 2 nitrogen and oxygen atoms in total. The molecule has 0 aromatic rings.